The number of ether oxygens (including phenoxy) is 1. The molecule has 3 aromatic carbocycles. The lowest BCUT2D eigenvalue weighted by Crippen LogP contribution is -2.54. The van der Waals surface area contributed by atoms with Gasteiger partial charge >= 0.3 is 6.03 Å². The van der Waals surface area contributed by atoms with Crippen LogP contribution in [0.5, 0.6) is 5.75 Å². The Hall–Kier alpha value is -3.78. The van der Waals surface area contributed by atoms with E-state index in [1.54, 1.807) is 6.07 Å². The molecule has 2 N–H and O–H groups in total. The zero-order valence-electron chi connectivity index (χ0n) is 19.7. The van der Waals surface area contributed by atoms with E-state index >= 15 is 0 Å². The van der Waals surface area contributed by atoms with Crippen LogP contribution in [0.3, 0.4) is 0 Å². The molecule has 40 heavy (non-hydrogen) atoms. The summed E-state index contributed by atoms with van der Waals surface area (Å²) in [7, 11) is 0. The van der Waals surface area contributed by atoms with Crippen molar-refractivity contribution in [3.05, 3.63) is 94.8 Å². The average Bonchev–Trinajstić information content (AvgIpc) is 2.88. The SMILES string of the molecule is O=C(COc1c(Br)cc(/C=C2/C(=O)NC(=O)N(c3cccc([N+](=O)[O-])c3)C2=O)cc1Br)Nc1ccc(Cl)c(Cl)c1. The van der Waals surface area contributed by atoms with Crippen LogP contribution in [0.25, 0.3) is 6.08 Å². The summed E-state index contributed by atoms with van der Waals surface area (Å²) in [5, 5.41) is 16.4. The van der Waals surface area contributed by atoms with Crippen molar-refractivity contribution in [1.29, 1.82) is 0 Å². The smallest absolute Gasteiger partial charge is 0.335 e. The number of carbonyl (C=O) groups is 4. The van der Waals surface area contributed by atoms with Crippen molar-refractivity contribution >= 4 is 102 Å². The molecule has 204 valence electrons. The molecule has 0 unspecified atom stereocenters. The molecule has 0 bridgehead atoms. The summed E-state index contributed by atoms with van der Waals surface area (Å²) in [4.78, 5) is 61.5. The second-order valence-electron chi connectivity index (χ2n) is 8.01. The van der Waals surface area contributed by atoms with Gasteiger partial charge in [-0.1, -0.05) is 29.3 Å². The van der Waals surface area contributed by atoms with E-state index < -0.39 is 28.7 Å². The number of anilines is 2. The van der Waals surface area contributed by atoms with Crippen LogP contribution >= 0.6 is 55.1 Å². The predicted molar refractivity (Wildman–Crippen MR) is 155 cm³/mol. The van der Waals surface area contributed by atoms with Crippen molar-refractivity contribution in [3.63, 3.8) is 0 Å². The summed E-state index contributed by atoms with van der Waals surface area (Å²) in [6.07, 6.45) is 1.24. The Balaban J connectivity index is 1.53. The van der Waals surface area contributed by atoms with Crippen molar-refractivity contribution in [2.75, 3.05) is 16.8 Å². The van der Waals surface area contributed by atoms with Gasteiger partial charge in [0.05, 0.1) is 29.6 Å². The Morgan fingerprint density at radius 3 is 2.40 bits per heavy atom. The summed E-state index contributed by atoms with van der Waals surface area (Å²) >= 11 is 18.5. The number of barbiturate groups is 1. The molecule has 1 aliphatic heterocycles. The van der Waals surface area contributed by atoms with Gasteiger partial charge in [0.2, 0.25) is 0 Å². The summed E-state index contributed by atoms with van der Waals surface area (Å²) in [5.41, 5.74) is -0.0241. The molecular formula is C25H14Br2Cl2N4O7. The van der Waals surface area contributed by atoms with E-state index in [-0.39, 0.29) is 34.3 Å². The first-order valence-corrected chi connectivity index (χ1v) is 13.3. The number of halogens is 4. The van der Waals surface area contributed by atoms with E-state index in [0.29, 0.717) is 30.1 Å². The Bertz CT molecular complexity index is 1610. The van der Waals surface area contributed by atoms with E-state index in [1.165, 1.54) is 48.5 Å². The van der Waals surface area contributed by atoms with Gasteiger partial charge in [0.25, 0.3) is 23.4 Å². The number of amides is 5. The van der Waals surface area contributed by atoms with Crippen molar-refractivity contribution in [2.45, 2.75) is 0 Å². The van der Waals surface area contributed by atoms with E-state index in [0.717, 1.165) is 6.07 Å². The minimum absolute atomic E-state index is 0.0830. The number of carbonyl (C=O) groups excluding carboxylic acids is 4. The van der Waals surface area contributed by atoms with Gasteiger partial charge in [-0.25, -0.2) is 9.69 Å². The van der Waals surface area contributed by atoms with Crippen molar-refractivity contribution < 1.29 is 28.8 Å². The van der Waals surface area contributed by atoms with Gasteiger partial charge in [0.15, 0.2) is 6.61 Å². The van der Waals surface area contributed by atoms with E-state index in [1.807, 2.05) is 0 Å². The number of non-ortho nitro benzene ring substituents is 1. The van der Waals surface area contributed by atoms with Gasteiger partial charge in [-0.2, -0.15) is 0 Å². The molecule has 1 fully saturated rings. The van der Waals surface area contributed by atoms with E-state index in [2.05, 4.69) is 42.5 Å². The van der Waals surface area contributed by atoms with Crippen LogP contribution in [0.2, 0.25) is 10.0 Å². The zero-order chi connectivity index (χ0) is 29.1. The molecule has 5 amide bonds. The van der Waals surface area contributed by atoms with E-state index in [9.17, 15) is 29.3 Å². The number of benzene rings is 3. The lowest BCUT2D eigenvalue weighted by Gasteiger charge is -2.26. The first kappa shape index (κ1) is 29.2. The van der Waals surface area contributed by atoms with Crippen LogP contribution in [0.4, 0.5) is 21.9 Å². The first-order chi connectivity index (χ1) is 18.9. The fourth-order valence-corrected chi connectivity index (χ4v) is 5.26. The van der Waals surface area contributed by atoms with Gasteiger partial charge in [-0.15, -0.1) is 0 Å². The molecule has 0 atom stereocenters. The Labute approximate surface area is 252 Å². The topological polar surface area (TPSA) is 148 Å². The number of imide groups is 2. The number of rotatable bonds is 7. The highest BCUT2D eigenvalue weighted by atomic mass is 79.9. The lowest BCUT2D eigenvalue weighted by molar-refractivity contribution is -0.384. The number of hydrogen-bond donors (Lipinski definition) is 2. The molecule has 0 saturated carbocycles. The van der Waals surface area contributed by atoms with Gasteiger partial charge in [-0.3, -0.25) is 29.8 Å². The highest BCUT2D eigenvalue weighted by molar-refractivity contribution is 9.11. The van der Waals surface area contributed by atoms with Crippen LogP contribution in [0.1, 0.15) is 5.56 Å². The first-order valence-electron chi connectivity index (χ1n) is 11.0. The van der Waals surface area contributed by atoms with Gasteiger partial charge in [-0.05, 0) is 79.9 Å². The number of hydrogen-bond acceptors (Lipinski definition) is 7. The van der Waals surface area contributed by atoms with Crippen molar-refractivity contribution in [1.82, 2.24) is 5.32 Å². The summed E-state index contributed by atoms with van der Waals surface area (Å²) in [6, 6.07) is 11.5. The Morgan fingerprint density at radius 2 is 1.75 bits per heavy atom. The zero-order valence-corrected chi connectivity index (χ0v) is 24.4. The lowest BCUT2D eigenvalue weighted by atomic mass is 10.1. The van der Waals surface area contributed by atoms with Crippen molar-refractivity contribution in [2.24, 2.45) is 0 Å². The minimum Gasteiger partial charge on any atom is -0.481 e. The van der Waals surface area contributed by atoms with Gasteiger partial charge in [0, 0.05) is 17.8 Å². The second-order valence-corrected chi connectivity index (χ2v) is 10.5. The summed E-state index contributed by atoms with van der Waals surface area (Å²) < 4.78 is 6.38. The number of nitro benzene ring substituents is 1. The van der Waals surface area contributed by atoms with Crippen LogP contribution in [-0.4, -0.2) is 35.3 Å². The highest BCUT2D eigenvalue weighted by Crippen LogP contribution is 2.36. The standard InChI is InChI=1S/C25H14Br2Cl2N4O7/c26-17-7-12(8-18(27)22(17)40-11-21(34)30-13-4-5-19(28)20(29)9-13)6-16-23(35)31-25(37)32(24(16)36)14-2-1-3-15(10-14)33(38)39/h1-10H,11H2,(H,30,34)(H,31,35,37)/b16-6-. The fraction of sp³-hybridized carbons (Fsp3) is 0.0400. The highest BCUT2D eigenvalue weighted by Gasteiger charge is 2.37. The second kappa shape index (κ2) is 12.2. The molecular weight excluding hydrogens is 699 g/mol. The predicted octanol–water partition coefficient (Wildman–Crippen LogP) is 6.11. The van der Waals surface area contributed by atoms with E-state index in [4.69, 9.17) is 27.9 Å². The maximum atomic E-state index is 13.1. The van der Waals surface area contributed by atoms with Crippen molar-refractivity contribution in [3.8, 4) is 5.75 Å². The third kappa shape index (κ3) is 6.50. The molecule has 0 aliphatic carbocycles. The Kier molecular flexibility index (Phi) is 8.88. The normalized spacial score (nSPS) is 14.2. The van der Waals surface area contributed by atoms with Gasteiger partial charge in [0.1, 0.15) is 11.3 Å². The van der Waals surface area contributed by atoms with Crippen LogP contribution in [-0.2, 0) is 14.4 Å². The minimum atomic E-state index is -1.04. The largest absolute Gasteiger partial charge is 0.481 e. The number of nitrogens with zero attached hydrogens (tertiary/aromatic N) is 2. The number of urea groups is 1. The molecule has 1 heterocycles. The number of nitrogens with one attached hydrogen (secondary N) is 2. The molecule has 0 radical (unpaired) electrons. The van der Waals surface area contributed by atoms with Crippen LogP contribution in [0.15, 0.2) is 69.1 Å². The Morgan fingerprint density at radius 1 is 1.05 bits per heavy atom. The monoisotopic (exact) mass is 710 g/mol. The molecule has 1 aliphatic rings. The molecule has 1 saturated heterocycles. The maximum Gasteiger partial charge on any atom is 0.335 e. The fourth-order valence-electron chi connectivity index (χ4n) is 3.51. The third-order valence-electron chi connectivity index (χ3n) is 5.28. The summed E-state index contributed by atoms with van der Waals surface area (Å²) in [6.45, 7) is -0.362. The molecule has 0 spiro atoms. The molecule has 3 aromatic rings. The third-order valence-corrected chi connectivity index (χ3v) is 7.20. The van der Waals surface area contributed by atoms with Crippen LogP contribution < -0.4 is 20.3 Å². The molecule has 15 heteroatoms. The molecule has 4 rings (SSSR count). The van der Waals surface area contributed by atoms with Crippen LogP contribution in [0, 0.1) is 10.1 Å². The van der Waals surface area contributed by atoms with Gasteiger partial charge < -0.3 is 10.1 Å². The number of nitro groups is 1. The summed E-state index contributed by atoms with van der Waals surface area (Å²) in [5.74, 6) is -2.12. The maximum absolute atomic E-state index is 13.1. The average molecular weight is 713 g/mol. The molecule has 0 aromatic heterocycles. The quantitative estimate of drug-likeness (QED) is 0.130. The molecule has 11 nitrogen and oxygen atoms in total.